The second kappa shape index (κ2) is 9.05. The number of rotatable bonds is 5. The Morgan fingerprint density at radius 1 is 0.853 bits per heavy atom. The Kier molecular flexibility index (Phi) is 6.14. The lowest BCUT2D eigenvalue weighted by Gasteiger charge is -2.15. The topological polar surface area (TPSA) is 41.9 Å². The third-order valence-corrected chi connectivity index (χ3v) is 5.02. The Bertz CT molecular complexity index is 1340. The molecule has 0 atom stereocenters. The Morgan fingerprint density at radius 2 is 1.44 bits per heavy atom. The summed E-state index contributed by atoms with van der Waals surface area (Å²) in [5, 5.41) is 3.82. The molecule has 0 fully saturated rings. The van der Waals surface area contributed by atoms with Gasteiger partial charge in [0.25, 0.3) is 5.91 Å². The second-order valence-electron chi connectivity index (χ2n) is 7.20. The van der Waals surface area contributed by atoms with Crippen molar-refractivity contribution in [3.8, 4) is 5.75 Å². The number of carbonyl (C=O) groups excluding carboxylic acids is 1. The first kappa shape index (κ1) is 23.1. The summed E-state index contributed by atoms with van der Waals surface area (Å²) in [6.07, 6.45) is 1.30. The Hall–Kier alpha value is -4.08. The maximum absolute atomic E-state index is 14.2. The van der Waals surface area contributed by atoms with Gasteiger partial charge in [-0.3, -0.25) is 4.79 Å². The lowest BCUT2D eigenvalue weighted by molar-refractivity contribution is -0.114. The minimum absolute atomic E-state index is 0.0298. The largest absolute Gasteiger partial charge is 0.488 e. The first-order chi connectivity index (χ1) is 16.2. The molecule has 10 heteroatoms. The zero-order valence-corrected chi connectivity index (χ0v) is 17.4. The molecule has 0 aliphatic carbocycles. The van der Waals surface area contributed by atoms with Gasteiger partial charge >= 0.3 is 0 Å². The Labute approximate surface area is 189 Å². The molecule has 1 amide bonds. The quantitative estimate of drug-likeness (QED) is 0.199. The van der Waals surface area contributed by atoms with Crippen LogP contribution in [0.2, 0.25) is 0 Å². The van der Waals surface area contributed by atoms with Gasteiger partial charge in [-0.05, 0) is 25.1 Å². The molecule has 0 N–H and O–H groups in total. The summed E-state index contributed by atoms with van der Waals surface area (Å²) in [6.45, 7) is 1.21. The van der Waals surface area contributed by atoms with E-state index < -0.39 is 46.5 Å². The van der Waals surface area contributed by atoms with Crippen molar-refractivity contribution in [2.75, 3.05) is 5.01 Å². The third kappa shape index (κ3) is 4.02. The van der Waals surface area contributed by atoms with Gasteiger partial charge in [0.2, 0.25) is 5.82 Å². The van der Waals surface area contributed by atoms with Gasteiger partial charge in [0.15, 0.2) is 23.3 Å². The highest BCUT2D eigenvalue weighted by atomic mass is 19.2. The first-order valence-electron chi connectivity index (χ1n) is 9.79. The van der Waals surface area contributed by atoms with E-state index in [9.17, 15) is 31.1 Å². The second-order valence-corrected chi connectivity index (χ2v) is 7.20. The van der Waals surface area contributed by atoms with E-state index in [2.05, 4.69) is 5.10 Å². The molecular formula is C24H14F6N2O2. The fourth-order valence-corrected chi connectivity index (χ4v) is 3.27. The van der Waals surface area contributed by atoms with E-state index in [1.807, 2.05) is 0 Å². The van der Waals surface area contributed by atoms with E-state index in [0.29, 0.717) is 5.56 Å². The number of halogens is 6. The van der Waals surface area contributed by atoms with Gasteiger partial charge in [-0.2, -0.15) is 10.1 Å². The molecule has 3 aromatic carbocycles. The highest BCUT2D eigenvalue weighted by Gasteiger charge is 2.37. The smallest absolute Gasteiger partial charge is 0.280 e. The summed E-state index contributed by atoms with van der Waals surface area (Å²) in [6, 6.07) is 12.4. The number of benzene rings is 3. The number of hydrazone groups is 1. The van der Waals surface area contributed by atoms with Gasteiger partial charge in [-0.25, -0.2) is 26.3 Å². The minimum Gasteiger partial charge on any atom is -0.488 e. The SMILES string of the molecule is CC1=NN(c2c(F)c(F)c(F)c(F)c2F)C(=O)/C1=C/c1ccccc1OCc1ccccc1F. The number of hydrogen-bond donors (Lipinski definition) is 0. The standard InChI is InChI=1S/C24H14F6N2O2/c1-12-15(24(33)32(31-12)23-21(29)19(27)18(26)20(28)22(23)30)10-13-6-3-5-9-17(13)34-11-14-7-2-4-8-16(14)25/h2-10H,11H2,1H3/b15-10+. The average Bonchev–Trinajstić information content (AvgIpc) is 3.10. The zero-order valence-electron chi connectivity index (χ0n) is 17.4. The molecule has 4 rings (SSSR count). The highest BCUT2D eigenvalue weighted by molar-refractivity contribution is 6.32. The molecule has 34 heavy (non-hydrogen) atoms. The maximum atomic E-state index is 14.2. The fourth-order valence-electron chi connectivity index (χ4n) is 3.27. The number of amides is 1. The molecule has 0 aromatic heterocycles. The molecule has 0 saturated carbocycles. The lowest BCUT2D eigenvalue weighted by Crippen LogP contribution is -2.25. The first-order valence-corrected chi connectivity index (χ1v) is 9.79. The van der Waals surface area contributed by atoms with Crippen LogP contribution in [0.4, 0.5) is 32.0 Å². The summed E-state index contributed by atoms with van der Waals surface area (Å²) in [5.41, 5.74) is -1.04. The van der Waals surface area contributed by atoms with Crippen LogP contribution in [0.3, 0.4) is 0 Å². The summed E-state index contributed by atoms with van der Waals surface area (Å²) < 4.78 is 88.6. The predicted molar refractivity (Wildman–Crippen MR) is 112 cm³/mol. The van der Waals surface area contributed by atoms with E-state index in [1.54, 1.807) is 30.3 Å². The van der Waals surface area contributed by atoms with Crippen LogP contribution in [0.1, 0.15) is 18.1 Å². The monoisotopic (exact) mass is 476 g/mol. The molecule has 0 spiro atoms. The number of carbonyl (C=O) groups is 1. The van der Waals surface area contributed by atoms with Gasteiger partial charge in [-0.1, -0.05) is 36.4 Å². The molecular weight excluding hydrogens is 462 g/mol. The number of nitrogens with zero attached hydrogens (tertiary/aromatic N) is 2. The molecule has 1 aliphatic heterocycles. The number of para-hydroxylation sites is 1. The van der Waals surface area contributed by atoms with E-state index in [4.69, 9.17) is 4.74 Å². The van der Waals surface area contributed by atoms with Crippen molar-refractivity contribution in [1.82, 2.24) is 0 Å². The van der Waals surface area contributed by atoms with Crippen LogP contribution in [0, 0.1) is 34.9 Å². The van der Waals surface area contributed by atoms with Crippen LogP contribution in [-0.2, 0) is 11.4 Å². The average molecular weight is 476 g/mol. The molecule has 0 saturated heterocycles. The third-order valence-electron chi connectivity index (χ3n) is 5.02. The summed E-state index contributed by atoms with van der Waals surface area (Å²) in [5.74, 6) is -12.4. The molecule has 3 aromatic rings. The van der Waals surface area contributed by atoms with E-state index in [-0.39, 0.29) is 34.2 Å². The van der Waals surface area contributed by atoms with Crippen molar-refractivity contribution in [2.45, 2.75) is 13.5 Å². The summed E-state index contributed by atoms with van der Waals surface area (Å²) >= 11 is 0. The molecule has 1 aliphatic rings. The van der Waals surface area contributed by atoms with Crippen molar-refractivity contribution in [1.29, 1.82) is 0 Å². The van der Waals surface area contributed by atoms with Gasteiger partial charge < -0.3 is 4.74 Å². The van der Waals surface area contributed by atoms with Crippen LogP contribution in [0.5, 0.6) is 5.75 Å². The van der Waals surface area contributed by atoms with Gasteiger partial charge in [-0.15, -0.1) is 0 Å². The number of hydrogen-bond acceptors (Lipinski definition) is 3. The van der Waals surface area contributed by atoms with Crippen molar-refractivity contribution in [3.05, 3.63) is 100 Å². The molecule has 0 unspecified atom stereocenters. The van der Waals surface area contributed by atoms with Gasteiger partial charge in [0.05, 0.1) is 11.3 Å². The zero-order chi connectivity index (χ0) is 24.6. The van der Waals surface area contributed by atoms with Crippen molar-refractivity contribution >= 4 is 23.4 Å². The van der Waals surface area contributed by atoms with Crippen LogP contribution in [0.15, 0.2) is 59.2 Å². The summed E-state index contributed by atoms with van der Waals surface area (Å²) in [4.78, 5) is 12.8. The van der Waals surface area contributed by atoms with Crippen molar-refractivity contribution in [3.63, 3.8) is 0 Å². The van der Waals surface area contributed by atoms with Crippen LogP contribution in [-0.4, -0.2) is 11.6 Å². The van der Waals surface area contributed by atoms with E-state index in [0.717, 1.165) is 0 Å². The fraction of sp³-hybridized carbons (Fsp3) is 0.0833. The molecule has 4 nitrogen and oxygen atoms in total. The summed E-state index contributed by atoms with van der Waals surface area (Å²) in [7, 11) is 0. The molecule has 174 valence electrons. The highest BCUT2D eigenvalue weighted by Crippen LogP contribution is 2.34. The molecule has 1 heterocycles. The van der Waals surface area contributed by atoms with Crippen LogP contribution >= 0.6 is 0 Å². The van der Waals surface area contributed by atoms with E-state index >= 15 is 0 Å². The Morgan fingerprint density at radius 3 is 2.12 bits per heavy atom. The van der Waals surface area contributed by atoms with E-state index in [1.165, 1.54) is 31.2 Å². The Balaban J connectivity index is 1.67. The maximum Gasteiger partial charge on any atom is 0.280 e. The van der Waals surface area contributed by atoms with Crippen molar-refractivity contribution < 1.29 is 35.9 Å². The van der Waals surface area contributed by atoms with Crippen molar-refractivity contribution in [2.24, 2.45) is 5.10 Å². The minimum atomic E-state index is -2.34. The van der Waals surface area contributed by atoms with Gasteiger partial charge in [0.1, 0.15) is 23.9 Å². The lowest BCUT2D eigenvalue weighted by atomic mass is 10.1. The molecule has 0 bridgehead atoms. The van der Waals surface area contributed by atoms with Gasteiger partial charge in [0, 0.05) is 11.1 Å². The number of ether oxygens (including phenoxy) is 1. The van der Waals surface area contributed by atoms with Crippen LogP contribution in [0.25, 0.3) is 6.08 Å². The predicted octanol–water partition coefficient (Wildman–Crippen LogP) is 5.91. The molecule has 0 radical (unpaired) electrons. The normalized spacial score (nSPS) is 14.7. The number of anilines is 1. The van der Waals surface area contributed by atoms with Crippen LogP contribution < -0.4 is 9.75 Å².